The van der Waals surface area contributed by atoms with E-state index in [1.165, 1.54) is 0 Å². The van der Waals surface area contributed by atoms with Gasteiger partial charge < -0.3 is 14.2 Å². The molecule has 5 rings (SSSR count). The Kier molecular flexibility index (Phi) is 5.28. The van der Waals surface area contributed by atoms with Gasteiger partial charge in [0.15, 0.2) is 11.4 Å². The third kappa shape index (κ3) is 3.39. The van der Waals surface area contributed by atoms with Gasteiger partial charge in [-0.15, -0.1) is 10.2 Å². The number of rotatable bonds is 5. The highest BCUT2D eigenvalue weighted by atomic mass is 16.3. The quantitative estimate of drug-likeness (QED) is 0.475. The second kappa shape index (κ2) is 8.26. The molecule has 1 aliphatic rings. The molecule has 1 atom stereocenters. The second-order valence-corrected chi connectivity index (χ2v) is 8.39. The normalized spacial score (nSPS) is 16.7. The standard InChI is InChI=1S/C24H28N6O2/c1-4-28(5-2)23(31)17-8-6-12-29(15-17)24-25-19-11-10-16(3)14-18(19)21-26-27-22(30(21)24)20-9-7-13-32-20/h7,9-11,13-14,17H,4-6,8,12,15H2,1-3H3/t17-/m0/s1. The van der Waals surface area contributed by atoms with Crippen LogP contribution >= 0.6 is 0 Å². The zero-order chi connectivity index (χ0) is 22.2. The van der Waals surface area contributed by atoms with Crippen LogP contribution in [-0.2, 0) is 4.79 Å². The largest absolute Gasteiger partial charge is 0.461 e. The molecule has 1 saturated heterocycles. The van der Waals surface area contributed by atoms with Gasteiger partial charge in [0.25, 0.3) is 0 Å². The Morgan fingerprint density at radius 1 is 1.22 bits per heavy atom. The number of benzene rings is 1. The first-order valence-electron chi connectivity index (χ1n) is 11.3. The zero-order valence-corrected chi connectivity index (χ0v) is 18.8. The highest BCUT2D eigenvalue weighted by Gasteiger charge is 2.31. The van der Waals surface area contributed by atoms with Crippen molar-refractivity contribution in [2.24, 2.45) is 5.92 Å². The molecule has 4 aromatic rings. The molecule has 166 valence electrons. The van der Waals surface area contributed by atoms with Crippen LogP contribution in [0.2, 0.25) is 0 Å². The third-order valence-corrected chi connectivity index (χ3v) is 6.35. The van der Waals surface area contributed by atoms with Gasteiger partial charge in [-0.1, -0.05) is 11.6 Å². The Bertz CT molecular complexity index is 1260. The molecule has 0 saturated carbocycles. The summed E-state index contributed by atoms with van der Waals surface area (Å²) in [6.07, 6.45) is 3.47. The number of carbonyl (C=O) groups is 1. The molecule has 8 heteroatoms. The van der Waals surface area contributed by atoms with Gasteiger partial charge in [0.1, 0.15) is 0 Å². The molecule has 0 bridgehead atoms. The fraction of sp³-hybridized carbons (Fsp3) is 0.417. The van der Waals surface area contributed by atoms with Gasteiger partial charge in [-0.2, -0.15) is 0 Å². The van der Waals surface area contributed by atoms with E-state index in [0.29, 0.717) is 18.1 Å². The molecule has 0 N–H and O–H groups in total. The van der Waals surface area contributed by atoms with Crippen LogP contribution in [0.5, 0.6) is 0 Å². The average molecular weight is 433 g/mol. The number of hydrogen-bond donors (Lipinski definition) is 0. The number of furan rings is 1. The summed E-state index contributed by atoms with van der Waals surface area (Å²) in [6, 6.07) is 9.89. The van der Waals surface area contributed by atoms with Gasteiger partial charge in [0, 0.05) is 31.6 Å². The number of nitrogens with zero attached hydrogens (tertiary/aromatic N) is 6. The van der Waals surface area contributed by atoms with Crippen molar-refractivity contribution in [3.05, 3.63) is 42.2 Å². The lowest BCUT2D eigenvalue weighted by Gasteiger charge is -2.35. The van der Waals surface area contributed by atoms with Crippen LogP contribution in [-0.4, -0.2) is 56.6 Å². The zero-order valence-electron chi connectivity index (χ0n) is 18.8. The van der Waals surface area contributed by atoms with Crippen LogP contribution in [0.1, 0.15) is 32.3 Å². The number of aryl methyl sites for hydroxylation is 1. The van der Waals surface area contributed by atoms with E-state index in [2.05, 4.69) is 34.2 Å². The number of carbonyl (C=O) groups excluding carboxylic acids is 1. The molecule has 3 aromatic heterocycles. The summed E-state index contributed by atoms with van der Waals surface area (Å²) in [5, 5.41) is 9.93. The Balaban J connectivity index is 1.64. The van der Waals surface area contributed by atoms with Gasteiger partial charge in [-0.05, 0) is 57.9 Å². The fourth-order valence-electron chi connectivity index (χ4n) is 4.66. The molecule has 0 spiro atoms. The minimum Gasteiger partial charge on any atom is -0.461 e. The maximum atomic E-state index is 13.1. The summed E-state index contributed by atoms with van der Waals surface area (Å²) in [5.74, 6) is 2.19. The molecule has 0 radical (unpaired) electrons. The van der Waals surface area contributed by atoms with Crippen molar-refractivity contribution >= 4 is 28.4 Å². The number of aromatic nitrogens is 4. The maximum absolute atomic E-state index is 13.1. The summed E-state index contributed by atoms with van der Waals surface area (Å²) in [7, 11) is 0. The lowest BCUT2D eigenvalue weighted by molar-refractivity contribution is -0.135. The van der Waals surface area contributed by atoms with Crippen LogP contribution in [0, 0.1) is 12.8 Å². The van der Waals surface area contributed by atoms with E-state index in [9.17, 15) is 4.79 Å². The maximum Gasteiger partial charge on any atom is 0.227 e. The van der Waals surface area contributed by atoms with Gasteiger partial charge in [-0.25, -0.2) is 9.38 Å². The van der Waals surface area contributed by atoms with Crippen molar-refractivity contribution in [3.63, 3.8) is 0 Å². The van der Waals surface area contributed by atoms with Crippen LogP contribution < -0.4 is 4.90 Å². The molecular formula is C24H28N6O2. The molecule has 1 aromatic carbocycles. The van der Waals surface area contributed by atoms with Crippen molar-refractivity contribution in [2.75, 3.05) is 31.1 Å². The first-order valence-corrected chi connectivity index (χ1v) is 11.3. The second-order valence-electron chi connectivity index (χ2n) is 8.39. The molecule has 4 heterocycles. The Hall–Kier alpha value is -3.42. The minimum absolute atomic E-state index is 0.0437. The lowest BCUT2D eigenvalue weighted by atomic mass is 9.96. The van der Waals surface area contributed by atoms with Crippen molar-refractivity contribution in [1.82, 2.24) is 24.5 Å². The van der Waals surface area contributed by atoms with E-state index in [4.69, 9.17) is 9.40 Å². The summed E-state index contributed by atoms with van der Waals surface area (Å²) in [5.41, 5.74) is 2.75. The monoisotopic (exact) mass is 432 g/mol. The summed E-state index contributed by atoms with van der Waals surface area (Å²) >= 11 is 0. The Labute approximate surface area is 186 Å². The summed E-state index contributed by atoms with van der Waals surface area (Å²) in [4.78, 5) is 22.2. The highest BCUT2D eigenvalue weighted by Crippen LogP contribution is 2.31. The number of anilines is 1. The first-order chi connectivity index (χ1) is 15.6. The van der Waals surface area contributed by atoms with Crippen LogP contribution in [0.25, 0.3) is 28.1 Å². The smallest absolute Gasteiger partial charge is 0.227 e. The number of hydrogen-bond acceptors (Lipinski definition) is 6. The number of piperidine rings is 1. The molecule has 1 amide bonds. The van der Waals surface area contributed by atoms with E-state index >= 15 is 0 Å². The fourth-order valence-corrected chi connectivity index (χ4v) is 4.66. The van der Waals surface area contributed by atoms with Crippen molar-refractivity contribution in [2.45, 2.75) is 33.6 Å². The van der Waals surface area contributed by atoms with Crippen molar-refractivity contribution in [3.8, 4) is 11.6 Å². The van der Waals surface area contributed by atoms with E-state index in [-0.39, 0.29) is 11.8 Å². The van der Waals surface area contributed by atoms with Crippen LogP contribution in [0.15, 0.2) is 41.0 Å². The topological polar surface area (TPSA) is 79.8 Å². The van der Waals surface area contributed by atoms with Crippen LogP contribution in [0.4, 0.5) is 5.95 Å². The van der Waals surface area contributed by atoms with Crippen molar-refractivity contribution < 1.29 is 9.21 Å². The SMILES string of the molecule is CCN(CC)C(=O)[C@H]1CCCN(c2nc3ccc(C)cc3c3nnc(-c4ccco4)n23)C1. The minimum atomic E-state index is -0.0437. The van der Waals surface area contributed by atoms with E-state index in [1.54, 1.807) is 6.26 Å². The van der Waals surface area contributed by atoms with E-state index in [0.717, 1.165) is 60.5 Å². The first kappa shape index (κ1) is 20.5. The van der Waals surface area contributed by atoms with E-state index < -0.39 is 0 Å². The number of fused-ring (bicyclic) bond motifs is 3. The molecule has 0 aliphatic carbocycles. The molecular weight excluding hydrogens is 404 g/mol. The molecule has 0 unspecified atom stereocenters. The van der Waals surface area contributed by atoms with Crippen LogP contribution in [0.3, 0.4) is 0 Å². The Morgan fingerprint density at radius 2 is 2.06 bits per heavy atom. The predicted octanol–water partition coefficient (Wildman–Crippen LogP) is 3.93. The lowest BCUT2D eigenvalue weighted by Crippen LogP contribution is -2.45. The van der Waals surface area contributed by atoms with Crippen molar-refractivity contribution in [1.29, 1.82) is 0 Å². The number of amides is 1. The van der Waals surface area contributed by atoms with E-state index in [1.807, 2.05) is 41.3 Å². The molecule has 32 heavy (non-hydrogen) atoms. The Morgan fingerprint density at radius 3 is 2.81 bits per heavy atom. The highest BCUT2D eigenvalue weighted by molar-refractivity contribution is 5.94. The van der Waals surface area contributed by atoms with Gasteiger partial charge in [-0.3, -0.25) is 4.79 Å². The predicted molar refractivity (Wildman–Crippen MR) is 124 cm³/mol. The summed E-state index contributed by atoms with van der Waals surface area (Å²) < 4.78 is 7.63. The molecule has 1 aliphatic heterocycles. The molecule has 8 nitrogen and oxygen atoms in total. The molecule has 1 fully saturated rings. The third-order valence-electron chi connectivity index (χ3n) is 6.35. The summed E-state index contributed by atoms with van der Waals surface area (Å²) in [6.45, 7) is 9.05. The average Bonchev–Trinajstić information content (AvgIpc) is 3.49. The van der Waals surface area contributed by atoms with Gasteiger partial charge in [0.2, 0.25) is 17.7 Å². The van der Waals surface area contributed by atoms with Gasteiger partial charge >= 0.3 is 0 Å². The van der Waals surface area contributed by atoms with Gasteiger partial charge in [0.05, 0.1) is 17.7 Å².